The predicted octanol–water partition coefficient (Wildman–Crippen LogP) is 7.68. The molecule has 1 heterocycles. The Morgan fingerprint density at radius 3 is 2.74 bits per heavy atom. The predicted molar refractivity (Wildman–Crippen MR) is 137 cm³/mol. The Morgan fingerprint density at radius 2 is 2.09 bits per heavy atom. The van der Waals surface area contributed by atoms with E-state index in [1.165, 1.54) is 59.6 Å². The molecule has 2 aromatic carbocycles. The summed E-state index contributed by atoms with van der Waals surface area (Å²) in [4.78, 5) is 15.8. The molecule has 0 fully saturated rings. The number of aryl methyl sites for hydroxylation is 1. The minimum absolute atomic E-state index is 0.244. The zero-order valence-electron chi connectivity index (χ0n) is 19.6. The number of carboxylic acids is 1. The SMILES string of the molecule is COc1cc(C(=O)O)c(F)cc1NSc1csc(-c2ccc(C3=CCC(C)(C)CC3)c(C)c2)n1. The van der Waals surface area contributed by atoms with Crippen LogP contribution in [0.4, 0.5) is 10.1 Å². The van der Waals surface area contributed by atoms with Crippen LogP contribution in [0.5, 0.6) is 5.75 Å². The van der Waals surface area contributed by atoms with Crippen LogP contribution in [0.15, 0.2) is 46.8 Å². The van der Waals surface area contributed by atoms with E-state index < -0.39 is 17.3 Å². The van der Waals surface area contributed by atoms with E-state index in [0.717, 1.165) is 34.5 Å². The molecule has 0 aliphatic heterocycles. The molecule has 0 spiro atoms. The molecule has 5 nitrogen and oxygen atoms in total. The third kappa shape index (κ3) is 5.28. The van der Waals surface area contributed by atoms with Crippen LogP contribution in [0, 0.1) is 18.2 Å². The molecule has 2 N–H and O–H groups in total. The van der Waals surface area contributed by atoms with E-state index in [2.05, 4.69) is 49.8 Å². The fourth-order valence-electron chi connectivity index (χ4n) is 3.99. The lowest BCUT2D eigenvalue weighted by Gasteiger charge is -2.29. The molecule has 3 aromatic rings. The van der Waals surface area contributed by atoms with Crippen LogP contribution in [0.1, 0.15) is 54.6 Å². The van der Waals surface area contributed by atoms with Crippen LogP contribution in [0.2, 0.25) is 0 Å². The molecule has 178 valence electrons. The molecular formula is C26H27FN2O3S2. The van der Waals surface area contributed by atoms with Crippen LogP contribution in [0.3, 0.4) is 0 Å². The number of hydrogen-bond donors (Lipinski definition) is 2. The number of ether oxygens (including phenoxy) is 1. The molecule has 1 aromatic heterocycles. The maximum atomic E-state index is 14.1. The summed E-state index contributed by atoms with van der Waals surface area (Å²) in [6.45, 7) is 6.79. The number of benzene rings is 2. The molecule has 0 atom stereocenters. The van der Waals surface area contributed by atoms with Crippen LogP contribution >= 0.6 is 23.3 Å². The number of aromatic carboxylic acids is 1. The van der Waals surface area contributed by atoms with E-state index >= 15 is 0 Å². The second kappa shape index (κ2) is 9.80. The van der Waals surface area contributed by atoms with Gasteiger partial charge in [-0.05, 0) is 60.4 Å². The third-order valence-electron chi connectivity index (χ3n) is 6.06. The summed E-state index contributed by atoms with van der Waals surface area (Å²) in [5.41, 5.74) is 5.33. The van der Waals surface area contributed by atoms with Gasteiger partial charge in [-0.25, -0.2) is 14.2 Å². The third-order valence-corrected chi connectivity index (χ3v) is 7.84. The first-order chi connectivity index (χ1) is 16.2. The Balaban J connectivity index is 1.48. The van der Waals surface area contributed by atoms with Crippen molar-refractivity contribution in [3.63, 3.8) is 0 Å². The average Bonchev–Trinajstić information content (AvgIpc) is 3.27. The number of carboxylic acid groups (broad SMARTS) is 1. The Bertz CT molecular complexity index is 1270. The van der Waals surface area contributed by atoms with E-state index in [1.54, 1.807) is 0 Å². The van der Waals surface area contributed by atoms with Gasteiger partial charge in [0.05, 0.1) is 18.4 Å². The molecule has 0 saturated heterocycles. The maximum absolute atomic E-state index is 14.1. The molecular weight excluding hydrogens is 471 g/mol. The number of methoxy groups -OCH3 is 1. The van der Waals surface area contributed by atoms with Gasteiger partial charge in [-0.1, -0.05) is 32.1 Å². The molecule has 0 radical (unpaired) electrons. The molecule has 1 aliphatic carbocycles. The van der Waals surface area contributed by atoms with Crippen LogP contribution < -0.4 is 9.46 Å². The molecule has 0 unspecified atom stereocenters. The highest BCUT2D eigenvalue weighted by Crippen LogP contribution is 2.40. The zero-order valence-corrected chi connectivity index (χ0v) is 21.2. The van der Waals surface area contributed by atoms with Gasteiger partial charge in [0.25, 0.3) is 0 Å². The van der Waals surface area contributed by atoms with E-state index in [4.69, 9.17) is 14.8 Å². The molecule has 0 saturated carbocycles. The molecule has 8 heteroatoms. The highest BCUT2D eigenvalue weighted by molar-refractivity contribution is 8.00. The number of hydrogen-bond acceptors (Lipinski definition) is 6. The fourth-order valence-corrected chi connectivity index (χ4v) is 5.57. The van der Waals surface area contributed by atoms with Crippen LogP contribution in [-0.4, -0.2) is 23.2 Å². The van der Waals surface area contributed by atoms with Crippen LogP contribution in [-0.2, 0) is 0 Å². The van der Waals surface area contributed by atoms with Gasteiger partial charge in [-0.3, -0.25) is 0 Å². The fraction of sp³-hybridized carbons (Fsp3) is 0.308. The monoisotopic (exact) mass is 498 g/mol. The van der Waals surface area contributed by atoms with Gasteiger partial charge in [-0.2, -0.15) is 0 Å². The summed E-state index contributed by atoms with van der Waals surface area (Å²) < 4.78 is 22.3. The molecule has 34 heavy (non-hydrogen) atoms. The lowest BCUT2D eigenvalue weighted by atomic mass is 9.76. The second-order valence-corrected chi connectivity index (χ2v) is 10.8. The smallest absolute Gasteiger partial charge is 0.338 e. The lowest BCUT2D eigenvalue weighted by Crippen LogP contribution is -2.14. The molecule has 0 amide bonds. The highest BCUT2D eigenvalue weighted by atomic mass is 32.2. The van der Waals surface area contributed by atoms with Crippen LogP contribution in [0.25, 0.3) is 16.1 Å². The summed E-state index contributed by atoms with van der Waals surface area (Å²) in [6.07, 6.45) is 5.80. The van der Waals surface area contributed by atoms with E-state index in [-0.39, 0.29) is 5.75 Å². The summed E-state index contributed by atoms with van der Waals surface area (Å²) in [6, 6.07) is 8.77. The van der Waals surface area contributed by atoms with Gasteiger partial charge in [-0.15, -0.1) is 11.3 Å². The largest absolute Gasteiger partial charge is 0.495 e. The summed E-state index contributed by atoms with van der Waals surface area (Å²) in [5, 5.41) is 12.6. The van der Waals surface area contributed by atoms with Gasteiger partial charge in [0.15, 0.2) is 0 Å². The van der Waals surface area contributed by atoms with Crippen molar-refractivity contribution in [3.05, 3.63) is 64.3 Å². The molecule has 4 rings (SSSR count). The second-order valence-electron chi connectivity index (χ2n) is 9.16. The number of anilines is 1. The number of nitrogens with one attached hydrogen (secondary N) is 1. The molecule has 1 aliphatic rings. The number of carbonyl (C=O) groups is 1. The highest BCUT2D eigenvalue weighted by Gasteiger charge is 2.22. The van der Waals surface area contributed by atoms with Gasteiger partial charge in [0.2, 0.25) is 0 Å². The Morgan fingerprint density at radius 1 is 1.29 bits per heavy atom. The quantitative estimate of drug-likeness (QED) is 0.326. The number of thiazole rings is 1. The van der Waals surface area contributed by atoms with Gasteiger partial charge in [0.1, 0.15) is 21.6 Å². The van der Waals surface area contributed by atoms with Crippen molar-refractivity contribution in [2.75, 3.05) is 11.8 Å². The molecule has 0 bridgehead atoms. The zero-order chi connectivity index (χ0) is 24.5. The number of rotatable bonds is 7. The topological polar surface area (TPSA) is 71.5 Å². The number of allylic oxidation sites excluding steroid dienone is 2. The van der Waals surface area contributed by atoms with Crippen molar-refractivity contribution in [1.29, 1.82) is 0 Å². The first-order valence-electron chi connectivity index (χ1n) is 11.0. The number of halogens is 1. The van der Waals surface area contributed by atoms with Gasteiger partial charge in [0, 0.05) is 29.0 Å². The van der Waals surface area contributed by atoms with E-state index in [0.29, 0.717) is 11.1 Å². The lowest BCUT2D eigenvalue weighted by molar-refractivity contribution is 0.0691. The van der Waals surface area contributed by atoms with Crippen molar-refractivity contribution in [2.24, 2.45) is 5.41 Å². The van der Waals surface area contributed by atoms with Gasteiger partial charge < -0.3 is 14.6 Å². The summed E-state index contributed by atoms with van der Waals surface area (Å²) in [7, 11) is 1.41. The van der Waals surface area contributed by atoms with Gasteiger partial charge >= 0.3 is 5.97 Å². The summed E-state index contributed by atoms with van der Waals surface area (Å²) in [5.74, 6) is -1.93. The Kier molecular flexibility index (Phi) is 7.00. The normalized spacial score (nSPS) is 15.0. The first-order valence-corrected chi connectivity index (χ1v) is 12.7. The van der Waals surface area contributed by atoms with Crippen molar-refractivity contribution in [3.8, 4) is 16.3 Å². The van der Waals surface area contributed by atoms with Crippen molar-refractivity contribution < 1.29 is 19.0 Å². The van der Waals surface area contributed by atoms with Crippen molar-refractivity contribution >= 4 is 40.5 Å². The number of aromatic nitrogens is 1. The van der Waals surface area contributed by atoms with E-state index in [1.807, 2.05) is 5.38 Å². The first kappa shape index (κ1) is 24.3. The maximum Gasteiger partial charge on any atom is 0.338 e. The minimum Gasteiger partial charge on any atom is -0.495 e. The van der Waals surface area contributed by atoms with E-state index in [9.17, 15) is 9.18 Å². The summed E-state index contributed by atoms with van der Waals surface area (Å²) >= 11 is 2.75. The Labute approximate surface area is 207 Å². The minimum atomic E-state index is -1.34. The average molecular weight is 499 g/mol. The number of nitrogens with zero attached hydrogens (tertiary/aromatic N) is 1. The standard InChI is InChI=1S/C26H27FN2O3S2/c1-15-11-17(5-6-18(15)16-7-9-26(2,3)10-8-16)24-28-23(14-33-24)34-29-21-13-20(27)19(25(30)31)12-22(21)32-4/h5-7,11-14,29H,8-10H2,1-4H3,(H,30,31). The Hall–Kier alpha value is -2.84. The van der Waals surface area contributed by atoms with Crippen molar-refractivity contribution in [2.45, 2.75) is 45.1 Å². The van der Waals surface area contributed by atoms with Crippen molar-refractivity contribution in [1.82, 2.24) is 4.98 Å².